The molecule has 80 valence electrons. The van der Waals surface area contributed by atoms with Crippen molar-refractivity contribution in [3.8, 4) is 0 Å². The summed E-state index contributed by atoms with van der Waals surface area (Å²) in [6.45, 7) is 0.111. The highest BCUT2D eigenvalue weighted by molar-refractivity contribution is 5.68. The highest BCUT2D eigenvalue weighted by Crippen LogP contribution is 2.33. The van der Waals surface area contributed by atoms with E-state index in [0.717, 1.165) is 24.8 Å². The second kappa shape index (κ2) is 4.58. The summed E-state index contributed by atoms with van der Waals surface area (Å²) in [7, 11) is 0. The normalized spacial score (nSPS) is 21.2. The Bertz CT molecular complexity index is 371. The third-order valence-electron chi connectivity index (χ3n) is 2.97. The zero-order valence-corrected chi connectivity index (χ0v) is 8.62. The average molecular weight is 206 g/mol. The largest absolute Gasteiger partial charge is 0.396 e. The lowest BCUT2D eigenvalue weighted by atomic mass is 9.84. The van der Waals surface area contributed by atoms with Crippen LogP contribution in [0.15, 0.2) is 30.3 Å². The van der Waals surface area contributed by atoms with Gasteiger partial charge < -0.3 is 5.11 Å². The maximum absolute atomic E-state index is 13.6. The van der Waals surface area contributed by atoms with E-state index >= 15 is 0 Å². The van der Waals surface area contributed by atoms with Crippen LogP contribution in [0.25, 0.3) is 5.57 Å². The van der Waals surface area contributed by atoms with Gasteiger partial charge in [-0.3, -0.25) is 0 Å². The van der Waals surface area contributed by atoms with Crippen molar-refractivity contribution in [2.24, 2.45) is 5.92 Å². The maximum Gasteiger partial charge on any atom is 0.130 e. The van der Waals surface area contributed by atoms with Gasteiger partial charge in [0.15, 0.2) is 0 Å². The highest BCUT2D eigenvalue weighted by Gasteiger charge is 2.20. The van der Waals surface area contributed by atoms with E-state index in [-0.39, 0.29) is 18.3 Å². The van der Waals surface area contributed by atoms with Gasteiger partial charge in [0, 0.05) is 18.1 Å². The molecule has 1 unspecified atom stereocenters. The van der Waals surface area contributed by atoms with E-state index in [1.165, 1.54) is 6.07 Å². The fourth-order valence-corrected chi connectivity index (χ4v) is 2.16. The van der Waals surface area contributed by atoms with Gasteiger partial charge in [-0.2, -0.15) is 0 Å². The minimum absolute atomic E-state index is 0.107. The number of benzene rings is 1. The van der Waals surface area contributed by atoms with Crippen LogP contribution in [0.1, 0.15) is 24.8 Å². The van der Waals surface area contributed by atoms with Crippen LogP contribution in [0.2, 0.25) is 0 Å². The van der Waals surface area contributed by atoms with Crippen LogP contribution in [-0.4, -0.2) is 11.7 Å². The fourth-order valence-electron chi connectivity index (χ4n) is 2.16. The lowest BCUT2D eigenvalue weighted by Gasteiger charge is -2.22. The van der Waals surface area contributed by atoms with Crippen LogP contribution in [-0.2, 0) is 0 Å². The minimum atomic E-state index is -0.191. The third-order valence-corrected chi connectivity index (χ3v) is 2.97. The molecule has 1 aromatic carbocycles. The number of hydrogen-bond acceptors (Lipinski definition) is 1. The molecule has 0 aliphatic heterocycles. The second-order valence-electron chi connectivity index (χ2n) is 3.95. The first-order valence-electron chi connectivity index (χ1n) is 5.38. The molecule has 0 fully saturated rings. The first-order valence-corrected chi connectivity index (χ1v) is 5.38. The molecule has 0 radical (unpaired) electrons. The fraction of sp³-hybridized carbons (Fsp3) is 0.385. The van der Waals surface area contributed by atoms with Gasteiger partial charge in [0.1, 0.15) is 5.82 Å². The first-order chi connectivity index (χ1) is 7.33. The lowest BCUT2D eigenvalue weighted by Crippen LogP contribution is -2.12. The van der Waals surface area contributed by atoms with Crippen molar-refractivity contribution in [3.05, 3.63) is 41.7 Å². The average Bonchev–Trinajstić information content (AvgIpc) is 2.30. The van der Waals surface area contributed by atoms with E-state index in [4.69, 9.17) is 0 Å². The summed E-state index contributed by atoms with van der Waals surface area (Å²) in [6, 6.07) is 6.78. The predicted octanol–water partition coefficient (Wildman–Crippen LogP) is 3.00. The number of aliphatic hydroxyl groups is 1. The molecule has 0 bridgehead atoms. The maximum atomic E-state index is 13.6. The van der Waals surface area contributed by atoms with Crippen molar-refractivity contribution in [2.45, 2.75) is 19.3 Å². The summed E-state index contributed by atoms with van der Waals surface area (Å²) in [5.41, 5.74) is 1.62. The second-order valence-corrected chi connectivity index (χ2v) is 3.95. The van der Waals surface area contributed by atoms with Gasteiger partial charge in [-0.15, -0.1) is 0 Å². The van der Waals surface area contributed by atoms with Crippen molar-refractivity contribution < 1.29 is 9.50 Å². The van der Waals surface area contributed by atoms with Crippen molar-refractivity contribution in [3.63, 3.8) is 0 Å². The Labute approximate surface area is 89.3 Å². The van der Waals surface area contributed by atoms with Crippen LogP contribution < -0.4 is 0 Å². The number of halogens is 1. The monoisotopic (exact) mass is 206 g/mol. The predicted molar refractivity (Wildman–Crippen MR) is 58.8 cm³/mol. The molecule has 0 spiro atoms. The quantitative estimate of drug-likeness (QED) is 0.788. The van der Waals surface area contributed by atoms with Gasteiger partial charge in [0.25, 0.3) is 0 Å². The van der Waals surface area contributed by atoms with E-state index in [1.807, 2.05) is 6.07 Å². The summed E-state index contributed by atoms with van der Waals surface area (Å²) in [6.07, 6.45) is 5.09. The molecule has 2 heteroatoms. The molecule has 1 aliphatic rings. The summed E-state index contributed by atoms with van der Waals surface area (Å²) in [4.78, 5) is 0. The Morgan fingerprint density at radius 1 is 1.33 bits per heavy atom. The summed E-state index contributed by atoms with van der Waals surface area (Å²) in [5, 5.41) is 9.25. The SMILES string of the molecule is OCC1CCCC=C1c1ccccc1F. The summed E-state index contributed by atoms with van der Waals surface area (Å²) < 4.78 is 13.6. The number of allylic oxidation sites excluding steroid dienone is 1. The molecule has 1 aromatic rings. The Morgan fingerprint density at radius 3 is 2.87 bits per heavy atom. The molecule has 15 heavy (non-hydrogen) atoms. The third kappa shape index (κ3) is 2.10. The Morgan fingerprint density at radius 2 is 2.13 bits per heavy atom. The van der Waals surface area contributed by atoms with Crippen molar-refractivity contribution in [1.29, 1.82) is 0 Å². The molecule has 0 saturated carbocycles. The molecule has 1 atom stereocenters. The van der Waals surface area contributed by atoms with Crippen molar-refractivity contribution in [2.75, 3.05) is 6.61 Å². The Balaban J connectivity index is 2.36. The molecule has 0 amide bonds. The summed E-state index contributed by atoms with van der Waals surface area (Å²) >= 11 is 0. The van der Waals surface area contributed by atoms with Gasteiger partial charge in [-0.05, 0) is 30.9 Å². The van der Waals surface area contributed by atoms with Crippen LogP contribution >= 0.6 is 0 Å². The minimum Gasteiger partial charge on any atom is -0.396 e. The number of rotatable bonds is 2. The zero-order chi connectivity index (χ0) is 10.7. The van der Waals surface area contributed by atoms with E-state index in [1.54, 1.807) is 12.1 Å². The molecule has 1 aliphatic carbocycles. The van der Waals surface area contributed by atoms with Crippen molar-refractivity contribution in [1.82, 2.24) is 0 Å². The Kier molecular flexibility index (Phi) is 3.17. The van der Waals surface area contributed by atoms with E-state index in [2.05, 4.69) is 6.08 Å². The van der Waals surface area contributed by atoms with E-state index < -0.39 is 0 Å². The first kappa shape index (κ1) is 10.4. The smallest absolute Gasteiger partial charge is 0.130 e. The molecule has 0 heterocycles. The highest BCUT2D eigenvalue weighted by atomic mass is 19.1. The summed E-state index contributed by atoms with van der Waals surface area (Å²) in [5.74, 6) is -0.0836. The molecule has 2 rings (SSSR count). The van der Waals surface area contributed by atoms with Gasteiger partial charge in [0.2, 0.25) is 0 Å². The molecule has 1 N–H and O–H groups in total. The molecule has 0 saturated heterocycles. The van der Waals surface area contributed by atoms with Gasteiger partial charge >= 0.3 is 0 Å². The van der Waals surface area contributed by atoms with Crippen LogP contribution in [0.4, 0.5) is 4.39 Å². The standard InChI is InChI=1S/C13H15FO/c14-13-8-4-3-7-12(13)11-6-2-1-5-10(11)9-15/h3-4,6-8,10,15H,1-2,5,9H2. The lowest BCUT2D eigenvalue weighted by molar-refractivity contribution is 0.246. The van der Waals surface area contributed by atoms with E-state index in [0.29, 0.717) is 5.56 Å². The molecule has 1 nitrogen and oxygen atoms in total. The van der Waals surface area contributed by atoms with Crippen LogP contribution in [0, 0.1) is 11.7 Å². The zero-order valence-electron chi connectivity index (χ0n) is 8.62. The van der Waals surface area contributed by atoms with Crippen LogP contribution in [0.3, 0.4) is 0 Å². The molecular weight excluding hydrogens is 191 g/mol. The topological polar surface area (TPSA) is 20.2 Å². The van der Waals surface area contributed by atoms with Gasteiger partial charge in [0.05, 0.1) is 0 Å². The molecular formula is C13H15FO. The van der Waals surface area contributed by atoms with Crippen molar-refractivity contribution >= 4 is 5.57 Å². The molecule has 0 aromatic heterocycles. The number of hydrogen-bond donors (Lipinski definition) is 1. The van der Waals surface area contributed by atoms with Crippen LogP contribution in [0.5, 0.6) is 0 Å². The Hall–Kier alpha value is -1.15. The van der Waals surface area contributed by atoms with Gasteiger partial charge in [-0.1, -0.05) is 24.3 Å². The van der Waals surface area contributed by atoms with E-state index in [9.17, 15) is 9.50 Å². The van der Waals surface area contributed by atoms with Gasteiger partial charge in [-0.25, -0.2) is 4.39 Å². The number of aliphatic hydroxyl groups excluding tert-OH is 1.